The number of nitrogens with zero attached hydrogens (tertiary/aromatic N) is 2. The van der Waals surface area contributed by atoms with Crippen molar-refractivity contribution in [3.63, 3.8) is 0 Å². The molecule has 20 heavy (non-hydrogen) atoms. The Morgan fingerprint density at radius 2 is 1.95 bits per heavy atom. The van der Waals surface area contributed by atoms with E-state index >= 15 is 0 Å². The standard InChI is InChI=1S/C15H19N3OS/c1-9(2)19-14-13(16)15(18-8-17-14)20-12-6-5-10(3)7-11(12)4/h5-9H,16H2,1-4H3. The molecule has 2 rings (SSSR count). The number of nitrogen functional groups attached to an aromatic ring is 1. The zero-order chi connectivity index (χ0) is 14.7. The van der Waals surface area contributed by atoms with E-state index in [1.54, 1.807) is 0 Å². The first kappa shape index (κ1) is 14.7. The van der Waals surface area contributed by atoms with E-state index in [1.807, 2.05) is 13.8 Å². The average molecular weight is 289 g/mol. The zero-order valence-electron chi connectivity index (χ0n) is 12.2. The fourth-order valence-corrected chi connectivity index (χ4v) is 2.64. The topological polar surface area (TPSA) is 61.0 Å². The second-order valence-electron chi connectivity index (χ2n) is 4.94. The van der Waals surface area contributed by atoms with Crippen LogP contribution < -0.4 is 10.5 Å². The van der Waals surface area contributed by atoms with Crippen LogP contribution >= 0.6 is 11.8 Å². The number of benzene rings is 1. The van der Waals surface area contributed by atoms with Gasteiger partial charge in [0.15, 0.2) is 0 Å². The Hall–Kier alpha value is -1.75. The van der Waals surface area contributed by atoms with Gasteiger partial charge < -0.3 is 10.5 Å². The van der Waals surface area contributed by atoms with E-state index in [1.165, 1.54) is 29.2 Å². The molecule has 106 valence electrons. The highest BCUT2D eigenvalue weighted by atomic mass is 32.2. The Labute approximate surface area is 123 Å². The van der Waals surface area contributed by atoms with Gasteiger partial charge in [-0.3, -0.25) is 0 Å². The molecule has 0 aliphatic heterocycles. The molecule has 2 aromatic rings. The van der Waals surface area contributed by atoms with Gasteiger partial charge in [0.25, 0.3) is 0 Å². The van der Waals surface area contributed by atoms with Gasteiger partial charge in [0, 0.05) is 4.90 Å². The summed E-state index contributed by atoms with van der Waals surface area (Å²) in [7, 11) is 0. The van der Waals surface area contributed by atoms with Gasteiger partial charge in [0.05, 0.1) is 6.10 Å². The maximum absolute atomic E-state index is 6.09. The van der Waals surface area contributed by atoms with Crippen LogP contribution in [0.15, 0.2) is 34.4 Å². The zero-order valence-corrected chi connectivity index (χ0v) is 13.0. The third kappa shape index (κ3) is 3.42. The van der Waals surface area contributed by atoms with Crippen LogP contribution in [0.2, 0.25) is 0 Å². The molecule has 0 fully saturated rings. The summed E-state index contributed by atoms with van der Waals surface area (Å²) in [6.45, 7) is 8.05. The smallest absolute Gasteiger partial charge is 0.241 e. The normalized spacial score (nSPS) is 10.8. The van der Waals surface area contributed by atoms with E-state index in [0.717, 1.165) is 9.92 Å². The quantitative estimate of drug-likeness (QED) is 0.871. The van der Waals surface area contributed by atoms with Gasteiger partial charge in [-0.05, 0) is 39.3 Å². The number of aromatic nitrogens is 2. The molecule has 0 radical (unpaired) electrons. The highest BCUT2D eigenvalue weighted by molar-refractivity contribution is 7.99. The van der Waals surface area contributed by atoms with Gasteiger partial charge in [-0.2, -0.15) is 4.98 Å². The summed E-state index contributed by atoms with van der Waals surface area (Å²) < 4.78 is 5.58. The van der Waals surface area contributed by atoms with E-state index in [2.05, 4.69) is 42.0 Å². The monoisotopic (exact) mass is 289 g/mol. The molecule has 1 heterocycles. The van der Waals surface area contributed by atoms with Crippen LogP contribution in [0.3, 0.4) is 0 Å². The summed E-state index contributed by atoms with van der Waals surface area (Å²) in [5, 5.41) is 0.725. The van der Waals surface area contributed by atoms with Gasteiger partial charge in [-0.25, -0.2) is 4.98 Å². The number of rotatable bonds is 4. The van der Waals surface area contributed by atoms with Gasteiger partial charge in [-0.15, -0.1) is 0 Å². The SMILES string of the molecule is Cc1ccc(Sc2ncnc(OC(C)C)c2N)c(C)c1. The molecule has 0 saturated heterocycles. The van der Waals surface area contributed by atoms with E-state index < -0.39 is 0 Å². The molecule has 0 unspecified atom stereocenters. The lowest BCUT2D eigenvalue weighted by Crippen LogP contribution is -2.10. The third-order valence-electron chi connectivity index (χ3n) is 2.70. The molecule has 0 atom stereocenters. The molecule has 4 nitrogen and oxygen atoms in total. The number of ether oxygens (including phenoxy) is 1. The molecule has 0 amide bonds. The lowest BCUT2D eigenvalue weighted by Gasteiger charge is -2.13. The average Bonchev–Trinajstić information content (AvgIpc) is 2.36. The van der Waals surface area contributed by atoms with Crippen molar-refractivity contribution in [1.82, 2.24) is 9.97 Å². The van der Waals surface area contributed by atoms with Crippen molar-refractivity contribution < 1.29 is 4.74 Å². The molecule has 5 heteroatoms. The lowest BCUT2D eigenvalue weighted by molar-refractivity contribution is 0.233. The molecule has 1 aromatic carbocycles. The Morgan fingerprint density at radius 3 is 2.60 bits per heavy atom. The summed E-state index contributed by atoms with van der Waals surface area (Å²) in [5.41, 5.74) is 9.03. The second-order valence-corrected chi connectivity index (χ2v) is 5.97. The molecule has 0 bridgehead atoms. The van der Waals surface area contributed by atoms with Crippen LogP contribution in [-0.2, 0) is 0 Å². The van der Waals surface area contributed by atoms with E-state index in [4.69, 9.17) is 10.5 Å². The highest BCUT2D eigenvalue weighted by Gasteiger charge is 2.12. The summed E-state index contributed by atoms with van der Waals surface area (Å²) in [5.74, 6) is 0.447. The largest absolute Gasteiger partial charge is 0.473 e. The molecular weight excluding hydrogens is 270 g/mol. The number of anilines is 1. The third-order valence-corrected chi connectivity index (χ3v) is 3.89. The minimum absolute atomic E-state index is 0.0335. The van der Waals surface area contributed by atoms with Crippen molar-refractivity contribution in [1.29, 1.82) is 0 Å². The Bertz CT molecular complexity index is 614. The molecule has 1 aromatic heterocycles. The molecule has 0 aliphatic rings. The Kier molecular flexibility index (Phi) is 4.49. The van der Waals surface area contributed by atoms with Gasteiger partial charge >= 0.3 is 0 Å². The lowest BCUT2D eigenvalue weighted by atomic mass is 10.2. The van der Waals surface area contributed by atoms with Crippen LogP contribution in [0.5, 0.6) is 5.88 Å². The molecule has 0 saturated carbocycles. The number of aryl methyl sites for hydroxylation is 2. The summed E-state index contributed by atoms with van der Waals surface area (Å²) in [6.07, 6.45) is 1.52. The number of hydrogen-bond donors (Lipinski definition) is 1. The van der Waals surface area contributed by atoms with Crippen LogP contribution in [0.4, 0.5) is 5.69 Å². The van der Waals surface area contributed by atoms with Crippen molar-refractivity contribution >= 4 is 17.4 Å². The van der Waals surface area contributed by atoms with E-state index in [9.17, 15) is 0 Å². The molecule has 0 aliphatic carbocycles. The first-order valence-electron chi connectivity index (χ1n) is 6.49. The van der Waals surface area contributed by atoms with Crippen molar-refractivity contribution in [3.05, 3.63) is 35.7 Å². The van der Waals surface area contributed by atoms with Gasteiger partial charge in [-0.1, -0.05) is 29.5 Å². The predicted octanol–water partition coefficient (Wildman–Crippen LogP) is 3.61. The predicted molar refractivity (Wildman–Crippen MR) is 82.2 cm³/mol. The number of nitrogens with two attached hydrogens (primary N) is 1. The van der Waals surface area contributed by atoms with Crippen molar-refractivity contribution in [3.8, 4) is 5.88 Å². The molecule has 2 N–H and O–H groups in total. The van der Waals surface area contributed by atoms with Crippen LogP contribution in [-0.4, -0.2) is 16.1 Å². The minimum Gasteiger partial charge on any atom is -0.473 e. The van der Waals surface area contributed by atoms with Gasteiger partial charge in [0.2, 0.25) is 5.88 Å². The first-order valence-corrected chi connectivity index (χ1v) is 7.31. The Morgan fingerprint density at radius 1 is 1.20 bits per heavy atom. The summed E-state index contributed by atoms with van der Waals surface area (Å²) in [6, 6.07) is 6.31. The summed E-state index contributed by atoms with van der Waals surface area (Å²) in [4.78, 5) is 9.47. The summed E-state index contributed by atoms with van der Waals surface area (Å²) >= 11 is 1.53. The van der Waals surface area contributed by atoms with Crippen LogP contribution in [0.25, 0.3) is 0 Å². The van der Waals surface area contributed by atoms with Crippen LogP contribution in [0, 0.1) is 13.8 Å². The van der Waals surface area contributed by atoms with Crippen molar-refractivity contribution in [2.75, 3.05) is 5.73 Å². The maximum Gasteiger partial charge on any atom is 0.241 e. The Balaban J connectivity index is 2.29. The van der Waals surface area contributed by atoms with Crippen LogP contribution in [0.1, 0.15) is 25.0 Å². The van der Waals surface area contributed by atoms with Crippen molar-refractivity contribution in [2.45, 2.75) is 43.7 Å². The highest BCUT2D eigenvalue weighted by Crippen LogP contribution is 2.35. The maximum atomic E-state index is 6.09. The molecular formula is C15H19N3OS. The second kappa shape index (κ2) is 6.13. The number of hydrogen-bond acceptors (Lipinski definition) is 5. The minimum atomic E-state index is 0.0335. The fourth-order valence-electron chi connectivity index (χ4n) is 1.78. The van der Waals surface area contributed by atoms with E-state index in [0.29, 0.717) is 11.6 Å². The first-order chi connectivity index (χ1) is 9.47. The fraction of sp³-hybridized carbons (Fsp3) is 0.333. The van der Waals surface area contributed by atoms with Crippen molar-refractivity contribution in [2.24, 2.45) is 0 Å². The van der Waals surface area contributed by atoms with E-state index in [-0.39, 0.29) is 6.10 Å². The molecule has 0 spiro atoms. The van der Waals surface area contributed by atoms with Gasteiger partial charge in [0.1, 0.15) is 17.0 Å².